The van der Waals surface area contributed by atoms with Crippen LogP contribution in [0.5, 0.6) is 0 Å². The molecular formula is C12H12N2O. The fraction of sp³-hybridized carbons (Fsp3) is 0.0833. The molecular weight excluding hydrogens is 188 g/mol. The van der Waals surface area contributed by atoms with Crippen molar-refractivity contribution in [3.05, 3.63) is 60.4 Å². The molecule has 0 amide bonds. The highest BCUT2D eigenvalue weighted by Gasteiger charge is 2.02. The SMILES string of the molecule is ON(Cc1ccccc1)c1cccnc1. The predicted molar refractivity (Wildman–Crippen MR) is 58.6 cm³/mol. The van der Waals surface area contributed by atoms with Crippen LogP contribution in [0, 0.1) is 0 Å². The molecule has 0 spiro atoms. The van der Waals surface area contributed by atoms with E-state index in [0.29, 0.717) is 12.2 Å². The first-order chi connectivity index (χ1) is 7.36. The molecule has 0 fully saturated rings. The third-order valence-electron chi connectivity index (χ3n) is 2.12. The molecule has 2 aromatic rings. The van der Waals surface area contributed by atoms with Gasteiger partial charge in [0, 0.05) is 6.20 Å². The highest BCUT2D eigenvalue weighted by atomic mass is 16.5. The van der Waals surface area contributed by atoms with E-state index in [-0.39, 0.29) is 0 Å². The van der Waals surface area contributed by atoms with E-state index in [1.807, 2.05) is 36.4 Å². The summed E-state index contributed by atoms with van der Waals surface area (Å²) in [4.78, 5) is 3.95. The normalized spacial score (nSPS) is 9.93. The summed E-state index contributed by atoms with van der Waals surface area (Å²) in [6.07, 6.45) is 3.31. The van der Waals surface area contributed by atoms with Crippen LogP contribution in [0.1, 0.15) is 5.56 Å². The molecule has 1 aromatic heterocycles. The lowest BCUT2D eigenvalue weighted by Gasteiger charge is -2.16. The maximum absolute atomic E-state index is 9.77. The Morgan fingerprint density at radius 3 is 2.53 bits per heavy atom. The zero-order valence-corrected chi connectivity index (χ0v) is 8.24. The minimum Gasteiger partial charge on any atom is -0.288 e. The maximum Gasteiger partial charge on any atom is 0.0821 e. The van der Waals surface area contributed by atoms with E-state index in [1.54, 1.807) is 18.5 Å². The average molecular weight is 200 g/mol. The Kier molecular flexibility index (Phi) is 2.95. The van der Waals surface area contributed by atoms with E-state index in [1.165, 1.54) is 5.06 Å². The Hall–Kier alpha value is -1.87. The molecule has 0 unspecified atom stereocenters. The minimum absolute atomic E-state index is 0.465. The summed E-state index contributed by atoms with van der Waals surface area (Å²) in [5.74, 6) is 0. The molecule has 0 bridgehead atoms. The van der Waals surface area contributed by atoms with Gasteiger partial charge in [-0.2, -0.15) is 0 Å². The molecule has 0 aliphatic heterocycles. The second-order valence-corrected chi connectivity index (χ2v) is 3.25. The molecule has 15 heavy (non-hydrogen) atoms. The van der Waals surface area contributed by atoms with Gasteiger partial charge in [-0.25, -0.2) is 0 Å². The summed E-state index contributed by atoms with van der Waals surface area (Å²) in [6, 6.07) is 13.4. The number of benzene rings is 1. The lowest BCUT2D eigenvalue weighted by Crippen LogP contribution is -2.17. The van der Waals surface area contributed by atoms with Crippen LogP contribution in [-0.4, -0.2) is 10.2 Å². The van der Waals surface area contributed by atoms with Gasteiger partial charge in [0.05, 0.1) is 18.4 Å². The minimum atomic E-state index is 0.465. The summed E-state index contributed by atoms with van der Waals surface area (Å²) in [5.41, 5.74) is 1.75. The van der Waals surface area contributed by atoms with Crippen LogP contribution in [0.4, 0.5) is 5.69 Å². The quantitative estimate of drug-likeness (QED) is 0.773. The van der Waals surface area contributed by atoms with E-state index in [9.17, 15) is 5.21 Å². The molecule has 1 aromatic carbocycles. The van der Waals surface area contributed by atoms with Crippen LogP contribution in [0.3, 0.4) is 0 Å². The van der Waals surface area contributed by atoms with E-state index in [2.05, 4.69) is 4.98 Å². The fourth-order valence-electron chi connectivity index (χ4n) is 1.35. The number of hydroxylamine groups is 1. The van der Waals surface area contributed by atoms with Gasteiger partial charge in [0.2, 0.25) is 0 Å². The standard InChI is InChI=1S/C12H12N2O/c15-14(12-7-4-8-13-9-12)10-11-5-2-1-3-6-11/h1-9,15H,10H2. The molecule has 0 aliphatic carbocycles. The van der Waals surface area contributed by atoms with Gasteiger partial charge in [0.1, 0.15) is 0 Å². The number of hydrogen-bond acceptors (Lipinski definition) is 3. The lowest BCUT2D eigenvalue weighted by molar-refractivity contribution is 0.249. The molecule has 1 N–H and O–H groups in total. The van der Waals surface area contributed by atoms with Crippen molar-refractivity contribution >= 4 is 5.69 Å². The monoisotopic (exact) mass is 200 g/mol. The number of nitrogens with zero attached hydrogens (tertiary/aromatic N) is 2. The molecule has 1 heterocycles. The first kappa shape index (κ1) is 9.68. The number of rotatable bonds is 3. The van der Waals surface area contributed by atoms with Gasteiger partial charge in [0.25, 0.3) is 0 Å². The van der Waals surface area contributed by atoms with Crippen LogP contribution >= 0.6 is 0 Å². The zero-order valence-electron chi connectivity index (χ0n) is 8.24. The van der Waals surface area contributed by atoms with Crippen molar-refractivity contribution < 1.29 is 5.21 Å². The van der Waals surface area contributed by atoms with Gasteiger partial charge in [-0.15, -0.1) is 0 Å². The van der Waals surface area contributed by atoms with E-state index in [4.69, 9.17) is 0 Å². The molecule has 0 atom stereocenters. The van der Waals surface area contributed by atoms with Crippen molar-refractivity contribution in [2.24, 2.45) is 0 Å². The van der Waals surface area contributed by atoms with Gasteiger partial charge >= 0.3 is 0 Å². The molecule has 0 saturated carbocycles. The molecule has 3 nitrogen and oxygen atoms in total. The first-order valence-corrected chi connectivity index (χ1v) is 4.76. The van der Waals surface area contributed by atoms with Crippen molar-refractivity contribution in [2.45, 2.75) is 6.54 Å². The van der Waals surface area contributed by atoms with Gasteiger partial charge in [-0.05, 0) is 17.7 Å². The summed E-state index contributed by atoms with van der Waals surface area (Å²) < 4.78 is 0. The Bertz CT molecular complexity index is 402. The molecule has 0 aliphatic rings. The number of hydrogen-bond donors (Lipinski definition) is 1. The fourth-order valence-corrected chi connectivity index (χ4v) is 1.35. The number of anilines is 1. The van der Waals surface area contributed by atoms with Crippen LogP contribution in [0.15, 0.2) is 54.9 Å². The summed E-state index contributed by atoms with van der Waals surface area (Å²) in [6.45, 7) is 0.465. The topological polar surface area (TPSA) is 36.4 Å². The average Bonchev–Trinajstić information content (AvgIpc) is 2.31. The maximum atomic E-state index is 9.77. The van der Waals surface area contributed by atoms with Crippen LogP contribution in [-0.2, 0) is 6.54 Å². The second kappa shape index (κ2) is 4.57. The Labute approximate surface area is 88.6 Å². The summed E-state index contributed by atoms with van der Waals surface area (Å²) in [5, 5.41) is 11.0. The van der Waals surface area contributed by atoms with Gasteiger partial charge in [-0.1, -0.05) is 30.3 Å². The van der Waals surface area contributed by atoms with E-state index >= 15 is 0 Å². The first-order valence-electron chi connectivity index (χ1n) is 4.76. The number of aromatic nitrogens is 1. The highest BCUT2D eigenvalue weighted by molar-refractivity contribution is 5.40. The summed E-state index contributed by atoms with van der Waals surface area (Å²) >= 11 is 0. The third kappa shape index (κ3) is 2.54. The molecule has 2 rings (SSSR count). The van der Waals surface area contributed by atoms with Gasteiger partial charge in [0.15, 0.2) is 0 Å². The van der Waals surface area contributed by atoms with Crippen molar-refractivity contribution in [1.29, 1.82) is 0 Å². The second-order valence-electron chi connectivity index (χ2n) is 3.25. The molecule has 0 radical (unpaired) electrons. The smallest absolute Gasteiger partial charge is 0.0821 e. The molecule has 3 heteroatoms. The van der Waals surface area contributed by atoms with E-state index < -0.39 is 0 Å². The lowest BCUT2D eigenvalue weighted by atomic mass is 10.2. The Morgan fingerprint density at radius 2 is 1.87 bits per heavy atom. The molecule has 76 valence electrons. The highest BCUT2D eigenvalue weighted by Crippen LogP contribution is 2.12. The predicted octanol–water partition coefficient (Wildman–Crippen LogP) is 2.48. The van der Waals surface area contributed by atoms with Crippen molar-refractivity contribution in [1.82, 2.24) is 4.98 Å². The third-order valence-corrected chi connectivity index (χ3v) is 2.12. The Morgan fingerprint density at radius 1 is 1.07 bits per heavy atom. The number of pyridine rings is 1. The van der Waals surface area contributed by atoms with Gasteiger partial charge < -0.3 is 0 Å². The van der Waals surface area contributed by atoms with Gasteiger partial charge in [-0.3, -0.25) is 15.3 Å². The van der Waals surface area contributed by atoms with Crippen LogP contribution in [0.25, 0.3) is 0 Å². The van der Waals surface area contributed by atoms with Crippen LogP contribution < -0.4 is 5.06 Å². The van der Waals surface area contributed by atoms with Crippen LogP contribution in [0.2, 0.25) is 0 Å². The Balaban J connectivity index is 2.08. The summed E-state index contributed by atoms with van der Waals surface area (Å²) in [7, 11) is 0. The van der Waals surface area contributed by atoms with E-state index in [0.717, 1.165) is 5.56 Å². The van der Waals surface area contributed by atoms with Crippen molar-refractivity contribution in [3.8, 4) is 0 Å². The molecule has 0 saturated heterocycles. The van der Waals surface area contributed by atoms with Crippen molar-refractivity contribution in [2.75, 3.05) is 5.06 Å². The van der Waals surface area contributed by atoms with Crippen molar-refractivity contribution in [3.63, 3.8) is 0 Å². The largest absolute Gasteiger partial charge is 0.288 e. The zero-order chi connectivity index (χ0) is 10.5.